The first-order chi connectivity index (χ1) is 14.7. The smallest absolute Gasteiger partial charge is 0.255 e. The number of nitrogen functional groups attached to an aromatic ring is 1. The second-order valence-electron chi connectivity index (χ2n) is 8.44. The van der Waals surface area contributed by atoms with Crippen LogP contribution in [0.15, 0.2) is 60.0 Å². The van der Waals surface area contributed by atoms with Gasteiger partial charge in [-0.3, -0.25) is 4.79 Å². The fourth-order valence-electron chi connectivity index (χ4n) is 3.17. The monoisotopic (exact) mass is 457 g/mol. The van der Waals surface area contributed by atoms with E-state index in [1.807, 2.05) is 55.6 Å². The van der Waals surface area contributed by atoms with Crippen molar-refractivity contribution in [3.05, 3.63) is 71.1 Å². The average Bonchev–Trinajstić information content (AvgIpc) is 3.28. The van der Waals surface area contributed by atoms with E-state index >= 15 is 0 Å². The molecule has 2 heterocycles. The minimum absolute atomic E-state index is 0.100. The predicted octanol–water partition coefficient (Wildman–Crippen LogP) is 5.58. The zero-order valence-electron chi connectivity index (χ0n) is 17.5. The molecule has 1 aliphatic heterocycles. The van der Waals surface area contributed by atoms with Crippen LogP contribution in [0.3, 0.4) is 0 Å². The summed E-state index contributed by atoms with van der Waals surface area (Å²) in [6.07, 6.45) is 0.292. The van der Waals surface area contributed by atoms with Crippen molar-refractivity contribution in [2.75, 3.05) is 24.3 Å². The van der Waals surface area contributed by atoms with Gasteiger partial charge < -0.3 is 25.0 Å². The molecule has 4 N–H and O–H groups in total. The molecule has 1 amide bonds. The van der Waals surface area contributed by atoms with Gasteiger partial charge in [-0.2, -0.15) is 0 Å². The molecule has 31 heavy (non-hydrogen) atoms. The Hall–Kier alpha value is -2.28. The highest BCUT2D eigenvalue weighted by Crippen LogP contribution is 2.63. The molecule has 2 aromatic carbocycles. The summed E-state index contributed by atoms with van der Waals surface area (Å²) in [5, 5.41) is 4.90. The SMILES string of the molecule is CC1(C)CO[P](O)(Cc2ccc(C(=O)Nc3cc(-c4cccs4)ccc3N)cc2)OC1. The summed E-state index contributed by atoms with van der Waals surface area (Å²) >= 11 is 1.63. The minimum Gasteiger partial charge on any atom is -0.397 e. The predicted molar refractivity (Wildman–Crippen MR) is 127 cm³/mol. The molecule has 1 aromatic heterocycles. The lowest BCUT2D eigenvalue weighted by molar-refractivity contribution is 0.0249. The van der Waals surface area contributed by atoms with E-state index in [1.165, 1.54) is 0 Å². The van der Waals surface area contributed by atoms with Gasteiger partial charge in [0.15, 0.2) is 0 Å². The van der Waals surface area contributed by atoms with Crippen LogP contribution < -0.4 is 11.1 Å². The van der Waals surface area contributed by atoms with Gasteiger partial charge in [-0.15, -0.1) is 11.3 Å². The van der Waals surface area contributed by atoms with Gasteiger partial charge >= 0.3 is 0 Å². The Balaban J connectivity index is 1.43. The summed E-state index contributed by atoms with van der Waals surface area (Å²) in [5.74, 6) is -0.248. The third-order valence-electron chi connectivity index (χ3n) is 5.02. The molecule has 1 saturated heterocycles. The van der Waals surface area contributed by atoms with Crippen LogP contribution in [0, 0.1) is 5.41 Å². The Labute approximate surface area is 186 Å². The lowest BCUT2D eigenvalue weighted by atomic mass is 9.97. The zero-order valence-corrected chi connectivity index (χ0v) is 19.2. The van der Waals surface area contributed by atoms with E-state index in [4.69, 9.17) is 14.8 Å². The van der Waals surface area contributed by atoms with E-state index in [9.17, 15) is 9.69 Å². The highest BCUT2D eigenvalue weighted by molar-refractivity contribution is 7.59. The van der Waals surface area contributed by atoms with E-state index in [2.05, 4.69) is 5.32 Å². The van der Waals surface area contributed by atoms with Crippen molar-refractivity contribution in [1.29, 1.82) is 0 Å². The van der Waals surface area contributed by atoms with Crippen molar-refractivity contribution in [3.63, 3.8) is 0 Å². The molecular formula is C23H26N2O4PS. The van der Waals surface area contributed by atoms with Crippen LogP contribution in [-0.4, -0.2) is 24.0 Å². The normalized spacial score (nSPS) is 17.3. The van der Waals surface area contributed by atoms with Crippen LogP contribution in [-0.2, 0) is 15.2 Å². The van der Waals surface area contributed by atoms with E-state index in [-0.39, 0.29) is 11.3 Å². The van der Waals surface area contributed by atoms with Crippen LogP contribution in [0.4, 0.5) is 11.4 Å². The Morgan fingerprint density at radius 2 is 1.87 bits per heavy atom. The molecule has 0 spiro atoms. The number of carbonyl (C=O) groups is 1. The molecule has 0 saturated carbocycles. The van der Waals surface area contributed by atoms with Gasteiger partial charge in [0.1, 0.15) is 0 Å². The summed E-state index contributed by atoms with van der Waals surface area (Å²) in [5.41, 5.74) is 9.41. The maximum absolute atomic E-state index is 12.7. The third-order valence-corrected chi connectivity index (χ3v) is 7.77. The van der Waals surface area contributed by atoms with Crippen LogP contribution in [0.25, 0.3) is 10.4 Å². The zero-order chi connectivity index (χ0) is 22.1. The molecule has 1 aliphatic rings. The number of hydrogen-bond acceptors (Lipinski definition) is 6. The number of nitrogens with two attached hydrogens (primary N) is 1. The third kappa shape index (κ3) is 5.32. The molecule has 3 aromatic rings. The molecule has 0 unspecified atom stereocenters. The van der Waals surface area contributed by atoms with Crippen molar-refractivity contribution < 1.29 is 18.7 Å². The van der Waals surface area contributed by atoms with Crippen LogP contribution >= 0.6 is 19.3 Å². The lowest BCUT2D eigenvalue weighted by Gasteiger charge is -2.40. The molecule has 0 bridgehead atoms. The number of hydrogen-bond donors (Lipinski definition) is 3. The molecule has 6 nitrogen and oxygen atoms in total. The van der Waals surface area contributed by atoms with Gasteiger partial charge in [-0.1, -0.05) is 38.1 Å². The topological polar surface area (TPSA) is 93.8 Å². The van der Waals surface area contributed by atoms with E-state index in [0.29, 0.717) is 36.3 Å². The standard InChI is InChI=1S/C23H26N2O4PS/c1-23(2)14-28-30(27,29-15-23)13-16-5-7-17(8-6-16)22(26)25-20-12-18(9-10-19(20)24)21-4-3-11-31-21/h3-12,27H,13-15,24H2,1-2H3,(H,25,26). The molecule has 4 rings (SSSR count). The first-order valence-electron chi connectivity index (χ1n) is 9.97. The summed E-state index contributed by atoms with van der Waals surface area (Å²) in [6.45, 7) is 4.99. The summed E-state index contributed by atoms with van der Waals surface area (Å²) in [4.78, 5) is 24.5. The molecule has 163 valence electrons. The van der Waals surface area contributed by atoms with Gasteiger partial charge in [0.25, 0.3) is 5.91 Å². The summed E-state index contributed by atoms with van der Waals surface area (Å²) < 4.78 is 11.3. The first kappa shape index (κ1) is 21.9. The van der Waals surface area contributed by atoms with Crippen molar-refractivity contribution in [1.82, 2.24) is 0 Å². The average molecular weight is 458 g/mol. The number of carbonyl (C=O) groups excluding carboxylic acids is 1. The van der Waals surface area contributed by atoms with E-state index in [0.717, 1.165) is 16.0 Å². The fraction of sp³-hybridized carbons (Fsp3) is 0.261. The number of thiophene rings is 1. The van der Waals surface area contributed by atoms with Gasteiger partial charge in [-0.25, -0.2) is 0 Å². The maximum atomic E-state index is 12.7. The van der Waals surface area contributed by atoms with Crippen molar-refractivity contribution in [2.24, 2.45) is 5.41 Å². The molecular weight excluding hydrogens is 431 g/mol. The molecule has 8 heteroatoms. The van der Waals surface area contributed by atoms with Crippen LogP contribution in [0.5, 0.6) is 0 Å². The number of anilines is 2. The summed E-state index contributed by atoms with van der Waals surface area (Å²) in [6, 6.07) is 16.7. The van der Waals surface area contributed by atoms with Crippen LogP contribution in [0.2, 0.25) is 0 Å². The van der Waals surface area contributed by atoms with Crippen LogP contribution in [0.1, 0.15) is 29.8 Å². The highest BCUT2D eigenvalue weighted by atomic mass is 32.1. The first-order valence-corrected chi connectivity index (χ1v) is 12.6. The molecule has 1 fully saturated rings. The van der Waals surface area contributed by atoms with Gasteiger partial charge in [0.2, 0.25) is 7.94 Å². The number of nitrogens with one attached hydrogen (secondary N) is 1. The summed E-state index contributed by atoms with van der Waals surface area (Å²) in [7, 11) is -2.91. The number of benzene rings is 2. The molecule has 0 aliphatic carbocycles. The van der Waals surface area contributed by atoms with Gasteiger partial charge in [0.05, 0.1) is 30.8 Å². The van der Waals surface area contributed by atoms with Gasteiger partial charge in [0, 0.05) is 15.9 Å². The second-order valence-corrected chi connectivity index (χ2v) is 11.5. The van der Waals surface area contributed by atoms with Crippen molar-refractivity contribution >= 4 is 36.6 Å². The quantitative estimate of drug-likeness (QED) is 0.344. The minimum atomic E-state index is -2.91. The molecule has 1 radical (unpaired) electrons. The largest absolute Gasteiger partial charge is 0.397 e. The number of amides is 1. The Morgan fingerprint density at radius 1 is 1.16 bits per heavy atom. The van der Waals surface area contributed by atoms with Gasteiger partial charge in [-0.05, 0) is 46.8 Å². The Morgan fingerprint density at radius 3 is 2.52 bits per heavy atom. The van der Waals surface area contributed by atoms with Crippen molar-refractivity contribution in [2.45, 2.75) is 20.0 Å². The highest BCUT2D eigenvalue weighted by Gasteiger charge is 2.38. The second kappa shape index (κ2) is 8.69. The van der Waals surface area contributed by atoms with E-state index < -0.39 is 7.94 Å². The fourth-order valence-corrected chi connectivity index (χ4v) is 5.92. The number of rotatable bonds is 5. The lowest BCUT2D eigenvalue weighted by Crippen LogP contribution is -2.31. The maximum Gasteiger partial charge on any atom is 0.255 e. The molecule has 0 atom stereocenters. The van der Waals surface area contributed by atoms with E-state index in [1.54, 1.807) is 29.5 Å². The Kier molecular flexibility index (Phi) is 6.15. The van der Waals surface area contributed by atoms with Crippen molar-refractivity contribution in [3.8, 4) is 10.4 Å². The Bertz CT molecular complexity index is 1060.